The smallest absolute Gasteiger partial charge is 0.454 e. The molecule has 0 aliphatic rings. The Morgan fingerprint density at radius 1 is 1.18 bits per heavy atom. The molecular weight excluding hydrogens is 363 g/mol. The highest BCUT2D eigenvalue weighted by atomic mass is 79.9. The summed E-state index contributed by atoms with van der Waals surface area (Å²) in [6.07, 6.45) is -4.93. The summed E-state index contributed by atoms with van der Waals surface area (Å²) in [5, 5.41) is 0. The van der Waals surface area contributed by atoms with E-state index in [0.29, 0.717) is 0 Å². The Morgan fingerprint density at radius 3 is 2.50 bits per heavy atom. The molecule has 2 rings (SSSR count). The van der Waals surface area contributed by atoms with Crippen LogP contribution in [0.3, 0.4) is 0 Å². The monoisotopic (exact) mass is 373 g/mol. The van der Waals surface area contributed by atoms with E-state index in [1.807, 2.05) is 12.1 Å². The van der Waals surface area contributed by atoms with E-state index in [2.05, 4.69) is 15.9 Å². The number of nitrogen functional groups attached to an aromatic ring is 1. The van der Waals surface area contributed by atoms with Gasteiger partial charge in [0, 0.05) is 15.6 Å². The van der Waals surface area contributed by atoms with Gasteiger partial charge in [-0.15, -0.1) is 0 Å². The Bertz CT molecular complexity index is 701. The summed E-state index contributed by atoms with van der Waals surface area (Å²) in [6, 6.07) is 10.5. The van der Waals surface area contributed by atoms with Gasteiger partial charge in [0.15, 0.2) is 0 Å². The molecule has 0 aliphatic heterocycles. The van der Waals surface area contributed by atoms with Gasteiger partial charge in [-0.3, -0.25) is 4.79 Å². The molecule has 2 N–H and O–H groups in total. The summed E-state index contributed by atoms with van der Waals surface area (Å²) in [5.41, 5.74) is 6.12. The second-order valence-corrected chi connectivity index (χ2v) is 5.31. The van der Waals surface area contributed by atoms with Gasteiger partial charge in [-0.2, -0.15) is 13.2 Å². The van der Waals surface area contributed by atoms with E-state index in [-0.39, 0.29) is 18.0 Å². The highest BCUT2D eigenvalue weighted by Crippen LogP contribution is 2.29. The van der Waals surface area contributed by atoms with E-state index in [1.165, 1.54) is 6.07 Å². The number of alkyl halides is 3. The van der Waals surface area contributed by atoms with Crippen LogP contribution >= 0.6 is 15.9 Å². The van der Waals surface area contributed by atoms with Crippen LogP contribution in [-0.2, 0) is 6.61 Å². The predicted octanol–water partition coefficient (Wildman–Crippen LogP) is 4.36. The Morgan fingerprint density at radius 2 is 1.86 bits per heavy atom. The Balaban J connectivity index is 2.21. The van der Waals surface area contributed by atoms with E-state index >= 15 is 0 Å². The Hall–Kier alpha value is -2.02. The molecule has 0 aliphatic carbocycles. The molecule has 0 aromatic heterocycles. The van der Waals surface area contributed by atoms with Crippen molar-refractivity contribution in [2.45, 2.75) is 12.8 Å². The average molecular weight is 374 g/mol. The molecule has 0 heterocycles. The standard InChI is InChI=1S/C15H11BrF3NO2/c16-11-4-2-1-3-10(11)8-22-13-7-9(5-6-12(13)20)14(21)15(17,18)19/h1-7H,8,20H2. The first-order valence-electron chi connectivity index (χ1n) is 6.16. The number of ketones is 1. The van der Waals surface area contributed by atoms with Crippen LogP contribution < -0.4 is 10.5 Å². The molecule has 22 heavy (non-hydrogen) atoms. The summed E-state index contributed by atoms with van der Waals surface area (Å²) in [4.78, 5) is 11.2. The third kappa shape index (κ3) is 3.79. The molecule has 3 nitrogen and oxygen atoms in total. The molecule has 7 heteroatoms. The third-order valence-corrected chi connectivity index (χ3v) is 3.65. The lowest BCUT2D eigenvalue weighted by Gasteiger charge is -2.12. The van der Waals surface area contributed by atoms with Gasteiger partial charge in [-0.05, 0) is 24.3 Å². The summed E-state index contributed by atoms with van der Waals surface area (Å²) in [7, 11) is 0. The summed E-state index contributed by atoms with van der Waals surface area (Å²) >= 11 is 3.34. The molecule has 0 unspecified atom stereocenters. The van der Waals surface area contributed by atoms with Gasteiger partial charge in [0.05, 0.1) is 5.69 Å². The van der Waals surface area contributed by atoms with Crippen LogP contribution in [0.5, 0.6) is 5.75 Å². The first-order chi connectivity index (χ1) is 10.3. The molecule has 0 saturated heterocycles. The lowest BCUT2D eigenvalue weighted by atomic mass is 10.1. The van der Waals surface area contributed by atoms with Gasteiger partial charge >= 0.3 is 6.18 Å². The topological polar surface area (TPSA) is 52.3 Å². The number of rotatable bonds is 4. The molecule has 0 spiro atoms. The highest BCUT2D eigenvalue weighted by molar-refractivity contribution is 9.10. The predicted molar refractivity (Wildman–Crippen MR) is 79.7 cm³/mol. The first-order valence-corrected chi connectivity index (χ1v) is 6.95. The van der Waals surface area contributed by atoms with Gasteiger partial charge in [0.25, 0.3) is 5.78 Å². The van der Waals surface area contributed by atoms with Crippen LogP contribution in [0.15, 0.2) is 46.9 Å². The van der Waals surface area contributed by atoms with Crippen LogP contribution in [0, 0.1) is 0 Å². The molecule has 2 aromatic carbocycles. The van der Waals surface area contributed by atoms with Gasteiger partial charge in [-0.25, -0.2) is 0 Å². The van der Waals surface area contributed by atoms with Crippen LogP contribution in [0.25, 0.3) is 0 Å². The van der Waals surface area contributed by atoms with E-state index in [0.717, 1.165) is 22.2 Å². The van der Waals surface area contributed by atoms with Crippen molar-refractivity contribution < 1.29 is 22.7 Å². The number of carbonyl (C=O) groups is 1. The van der Waals surface area contributed by atoms with Crippen LogP contribution in [0.2, 0.25) is 0 Å². The number of nitrogens with two attached hydrogens (primary N) is 1. The molecule has 116 valence electrons. The molecule has 2 aromatic rings. The van der Waals surface area contributed by atoms with Gasteiger partial charge in [0.1, 0.15) is 12.4 Å². The van der Waals surface area contributed by atoms with Crippen LogP contribution in [0.1, 0.15) is 15.9 Å². The van der Waals surface area contributed by atoms with Crippen molar-refractivity contribution in [1.82, 2.24) is 0 Å². The largest absolute Gasteiger partial charge is 0.487 e. The number of hydrogen-bond acceptors (Lipinski definition) is 3. The number of ether oxygens (including phenoxy) is 1. The van der Waals surface area contributed by atoms with Crippen molar-refractivity contribution >= 4 is 27.4 Å². The van der Waals surface area contributed by atoms with Crippen molar-refractivity contribution in [3.8, 4) is 5.75 Å². The Kier molecular flexibility index (Phi) is 4.75. The summed E-state index contributed by atoms with van der Waals surface area (Å²) in [5.74, 6) is -1.90. The second-order valence-electron chi connectivity index (χ2n) is 4.46. The maximum atomic E-state index is 12.4. The normalized spacial score (nSPS) is 11.3. The van der Waals surface area contributed by atoms with Gasteiger partial charge in [-0.1, -0.05) is 34.1 Å². The lowest BCUT2D eigenvalue weighted by molar-refractivity contribution is -0.0885. The minimum absolute atomic E-state index is 0.0332. The summed E-state index contributed by atoms with van der Waals surface area (Å²) in [6.45, 7) is 0.106. The quantitative estimate of drug-likeness (QED) is 0.639. The van der Waals surface area contributed by atoms with E-state index < -0.39 is 17.5 Å². The minimum Gasteiger partial charge on any atom is -0.487 e. The Labute approximate surface area is 133 Å². The molecule has 0 radical (unpaired) electrons. The SMILES string of the molecule is Nc1ccc(C(=O)C(F)(F)F)cc1OCc1ccccc1Br. The average Bonchev–Trinajstić information content (AvgIpc) is 2.46. The molecule has 0 amide bonds. The van der Waals surface area contributed by atoms with Crippen molar-refractivity contribution in [3.05, 3.63) is 58.1 Å². The van der Waals surface area contributed by atoms with Crippen molar-refractivity contribution in [1.29, 1.82) is 0 Å². The fraction of sp³-hybridized carbons (Fsp3) is 0.133. The zero-order chi connectivity index (χ0) is 16.3. The number of benzene rings is 2. The van der Waals surface area contributed by atoms with Gasteiger partial charge < -0.3 is 10.5 Å². The fourth-order valence-electron chi connectivity index (χ4n) is 1.74. The fourth-order valence-corrected chi connectivity index (χ4v) is 2.13. The third-order valence-electron chi connectivity index (χ3n) is 2.87. The molecule has 0 fully saturated rings. The first kappa shape index (κ1) is 16.4. The second kappa shape index (κ2) is 6.39. The lowest BCUT2D eigenvalue weighted by Crippen LogP contribution is -2.22. The number of carbonyl (C=O) groups excluding carboxylic acids is 1. The molecule has 0 bridgehead atoms. The van der Waals surface area contributed by atoms with E-state index in [1.54, 1.807) is 12.1 Å². The summed E-state index contributed by atoms with van der Waals surface area (Å²) < 4.78 is 43.6. The maximum absolute atomic E-state index is 12.4. The zero-order valence-corrected chi connectivity index (χ0v) is 12.7. The zero-order valence-electron chi connectivity index (χ0n) is 11.2. The number of halogens is 4. The van der Waals surface area contributed by atoms with Crippen LogP contribution in [-0.4, -0.2) is 12.0 Å². The van der Waals surface area contributed by atoms with E-state index in [4.69, 9.17) is 10.5 Å². The molecule has 0 saturated carbocycles. The molecular formula is C15H11BrF3NO2. The van der Waals surface area contributed by atoms with Crippen molar-refractivity contribution in [2.24, 2.45) is 0 Å². The number of anilines is 1. The maximum Gasteiger partial charge on any atom is 0.454 e. The highest BCUT2D eigenvalue weighted by Gasteiger charge is 2.39. The van der Waals surface area contributed by atoms with Crippen LogP contribution in [0.4, 0.5) is 18.9 Å². The minimum atomic E-state index is -4.93. The van der Waals surface area contributed by atoms with E-state index in [9.17, 15) is 18.0 Å². The number of hydrogen-bond donors (Lipinski definition) is 1. The van der Waals surface area contributed by atoms with Crippen molar-refractivity contribution in [3.63, 3.8) is 0 Å². The molecule has 0 atom stereocenters. The van der Waals surface area contributed by atoms with Crippen molar-refractivity contribution in [2.75, 3.05) is 5.73 Å². The van der Waals surface area contributed by atoms with Gasteiger partial charge in [0.2, 0.25) is 0 Å². The number of Topliss-reactive ketones (excluding diaryl/α,β-unsaturated/α-hetero) is 1.